The Morgan fingerprint density at radius 2 is 2.00 bits per heavy atom. The molecule has 2 heteroatoms. The minimum Gasteiger partial charge on any atom is -0.311 e. The summed E-state index contributed by atoms with van der Waals surface area (Å²) in [7, 11) is 0. The quantitative estimate of drug-likeness (QED) is 0.792. The smallest absolute Gasteiger partial charge is 0.0334 e. The highest BCUT2D eigenvalue weighted by atomic mass is 15.3. The first-order valence-corrected chi connectivity index (χ1v) is 8.62. The van der Waals surface area contributed by atoms with Gasteiger partial charge in [-0.05, 0) is 56.8 Å². The Bertz CT molecular complexity index is 308. The molecule has 2 aliphatic carbocycles. The summed E-state index contributed by atoms with van der Waals surface area (Å²) >= 11 is 0. The van der Waals surface area contributed by atoms with Gasteiger partial charge in [0.2, 0.25) is 0 Å². The molecule has 2 nitrogen and oxygen atoms in total. The van der Waals surface area contributed by atoms with Crippen LogP contribution in [0.1, 0.15) is 59.3 Å². The van der Waals surface area contributed by atoms with Crippen LogP contribution in [0, 0.1) is 17.8 Å². The molecule has 0 amide bonds. The van der Waals surface area contributed by atoms with Crippen molar-refractivity contribution in [3.63, 3.8) is 0 Å². The molecule has 3 fully saturated rings. The lowest BCUT2D eigenvalue weighted by molar-refractivity contribution is 0.0186. The van der Waals surface area contributed by atoms with Crippen molar-refractivity contribution < 1.29 is 0 Å². The van der Waals surface area contributed by atoms with Crippen LogP contribution in [0.2, 0.25) is 0 Å². The molecule has 0 aromatic heterocycles. The van der Waals surface area contributed by atoms with E-state index in [1.165, 1.54) is 58.2 Å². The minimum absolute atomic E-state index is 0.452. The van der Waals surface area contributed by atoms with E-state index in [-0.39, 0.29) is 0 Å². The normalized spacial score (nSPS) is 38.4. The SMILES string of the molecule is CCCC(C)CN1CC(C2CC2)NCC1(C)C1CC1. The second-order valence-electron chi connectivity index (χ2n) is 7.76. The van der Waals surface area contributed by atoms with E-state index in [1.807, 2.05) is 0 Å². The van der Waals surface area contributed by atoms with Gasteiger partial charge in [0.05, 0.1) is 0 Å². The number of nitrogens with one attached hydrogen (secondary N) is 1. The Morgan fingerprint density at radius 1 is 1.26 bits per heavy atom. The zero-order chi connectivity index (χ0) is 13.5. The van der Waals surface area contributed by atoms with Crippen LogP contribution in [0.3, 0.4) is 0 Å². The lowest BCUT2D eigenvalue weighted by Crippen LogP contribution is -2.65. The van der Waals surface area contributed by atoms with Crippen molar-refractivity contribution in [3.05, 3.63) is 0 Å². The summed E-state index contributed by atoms with van der Waals surface area (Å²) in [5.74, 6) is 2.82. The van der Waals surface area contributed by atoms with E-state index in [4.69, 9.17) is 0 Å². The van der Waals surface area contributed by atoms with Gasteiger partial charge in [0, 0.05) is 31.2 Å². The standard InChI is InChI=1S/C17H32N2/c1-4-5-13(2)10-19-11-16(14-6-7-14)18-12-17(19,3)15-8-9-15/h13-16,18H,4-12H2,1-3H3. The van der Waals surface area contributed by atoms with E-state index in [9.17, 15) is 0 Å². The molecule has 0 aromatic carbocycles. The van der Waals surface area contributed by atoms with E-state index < -0.39 is 0 Å². The molecule has 1 heterocycles. The van der Waals surface area contributed by atoms with Crippen LogP contribution in [0.15, 0.2) is 0 Å². The molecule has 2 saturated carbocycles. The van der Waals surface area contributed by atoms with Crippen LogP contribution in [-0.4, -0.2) is 36.1 Å². The minimum atomic E-state index is 0.452. The van der Waals surface area contributed by atoms with Gasteiger partial charge in [-0.3, -0.25) is 4.90 Å². The second-order valence-corrected chi connectivity index (χ2v) is 7.76. The van der Waals surface area contributed by atoms with Crippen LogP contribution in [-0.2, 0) is 0 Å². The summed E-state index contributed by atoms with van der Waals surface area (Å²) in [6, 6.07) is 0.792. The molecule has 3 aliphatic rings. The molecular weight excluding hydrogens is 232 g/mol. The topological polar surface area (TPSA) is 15.3 Å². The molecule has 0 radical (unpaired) electrons. The average molecular weight is 264 g/mol. The predicted octanol–water partition coefficient (Wildman–Crippen LogP) is 3.28. The molecule has 1 aliphatic heterocycles. The number of hydrogen-bond donors (Lipinski definition) is 1. The third-order valence-corrected chi connectivity index (χ3v) is 5.82. The molecule has 1 N–H and O–H groups in total. The first kappa shape index (κ1) is 13.9. The van der Waals surface area contributed by atoms with Crippen molar-refractivity contribution in [2.45, 2.75) is 70.9 Å². The lowest BCUT2D eigenvalue weighted by Gasteiger charge is -2.50. The van der Waals surface area contributed by atoms with Crippen molar-refractivity contribution in [2.24, 2.45) is 17.8 Å². The molecule has 0 aromatic rings. The maximum atomic E-state index is 3.89. The van der Waals surface area contributed by atoms with Gasteiger partial charge in [0.25, 0.3) is 0 Å². The zero-order valence-corrected chi connectivity index (χ0v) is 13.1. The lowest BCUT2D eigenvalue weighted by atomic mass is 9.87. The summed E-state index contributed by atoms with van der Waals surface area (Å²) in [5, 5.41) is 3.89. The van der Waals surface area contributed by atoms with Crippen LogP contribution < -0.4 is 5.32 Å². The van der Waals surface area contributed by atoms with Crippen molar-refractivity contribution in [2.75, 3.05) is 19.6 Å². The highest BCUT2D eigenvalue weighted by Gasteiger charge is 2.50. The monoisotopic (exact) mass is 264 g/mol. The Hall–Kier alpha value is -0.0800. The predicted molar refractivity (Wildman–Crippen MR) is 81.3 cm³/mol. The van der Waals surface area contributed by atoms with Crippen molar-refractivity contribution in [3.8, 4) is 0 Å². The molecule has 0 bridgehead atoms. The summed E-state index contributed by atoms with van der Waals surface area (Å²) in [6.45, 7) is 11.2. The molecule has 110 valence electrons. The van der Waals surface area contributed by atoms with Gasteiger partial charge in [0.15, 0.2) is 0 Å². The van der Waals surface area contributed by atoms with Crippen LogP contribution in [0.5, 0.6) is 0 Å². The Balaban J connectivity index is 1.65. The fourth-order valence-electron chi connectivity index (χ4n) is 4.13. The highest BCUT2D eigenvalue weighted by molar-refractivity contribution is 5.07. The maximum absolute atomic E-state index is 3.89. The maximum Gasteiger partial charge on any atom is 0.0334 e. The van der Waals surface area contributed by atoms with Crippen molar-refractivity contribution >= 4 is 0 Å². The molecule has 3 atom stereocenters. The number of rotatable bonds is 6. The Morgan fingerprint density at radius 3 is 2.58 bits per heavy atom. The van der Waals surface area contributed by atoms with E-state index in [0.29, 0.717) is 5.54 Å². The van der Waals surface area contributed by atoms with Gasteiger partial charge in [-0.25, -0.2) is 0 Å². The fourth-order valence-corrected chi connectivity index (χ4v) is 4.13. The molecule has 3 rings (SSSR count). The average Bonchev–Trinajstić information content (AvgIpc) is 3.25. The molecule has 1 saturated heterocycles. The number of nitrogens with zero attached hydrogens (tertiary/aromatic N) is 1. The summed E-state index contributed by atoms with van der Waals surface area (Å²) in [5.41, 5.74) is 0.452. The van der Waals surface area contributed by atoms with Gasteiger partial charge in [-0.1, -0.05) is 20.3 Å². The largest absolute Gasteiger partial charge is 0.311 e. The molecule has 19 heavy (non-hydrogen) atoms. The summed E-state index contributed by atoms with van der Waals surface area (Å²) < 4.78 is 0. The van der Waals surface area contributed by atoms with Crippen LogP contribution in [0.4, 0.5) is 0 Å². The Kier molecular flexibility index (Phi) is 3.92. The first-order valence-electron chi connectivity index (χ1n) is 8.62. The highest BCUT2D eigenvalue weighted by Crippen LogP contribution is 2.46. The third kappa shape index (κ3) is 3.00. The van der Waals surface area contributed by atoms with Crippen molar-refractivity contribution in [1.29, 1.82) is 0 Å². The Labute approximate surface area is 119 Å². The van der Waals surface area contributed by atoms with Gasteiger partial charge in [0.1, 0.15) is 0 Å². The molecular formula is C17H32N2. The van der Waals surface area contributed by atoms with Gasteiger partial charge in [-0.15, -0.1) is 0 Å². The molecule has 0 spiro atoms. The van der Waals surface area contributed by atoms with E-state index in [1.54, 1.807) is 0 Å². The van der Waals surface area contributed by atoms with Crippen LogP contribution in [0.25, 0.3) is 0 Å². The summed E-state index contributed by atoms with van der Waals surface area (Å²) in [4.78, 5) is 2.88. The number of hydrogen-bond acceptors (Lipinski definition) is 2. The van der Waals surface area contributed by atoms with Gasteiger partial charge < -0.3 is 5.32 Å². The molecule has 3 unspecified atom stereocenters. The van der Waals surface area contributed by atoms with Gasteiger partial charge >= 0.3 is 0 Å². The fraction of sp³-hybridized carbons (Fsp3) is 1.00. The van der Waals surface area contributed by atoms with Gasteiger partial charge in [-0.2, -0.15) is 0 Å². The summed E-state index contributed by atoms with van der Waals surface area (Å²) in [6.07, 6.45) is 8.58. The van der Waals surface area contributed by atoms with E-state index >= 15 is 0 Å². The second kappa shape index (κ2) is 5.37. The first-order chi connectivity index (χ1) is 9.13. The van der Waals surface area contributed by atoms with Crippen LogP contribution >= 0.6 is 0 Å². The zero-order valence-electron chi connectivity index (χ0n) is 13.1. The number of piperazine rings is 1. The van der Waals surface area contributed by atoms with Crippen molar-refractivity contribution in [1.82, 2.24) is 10.2 Å². The third-order valence-electron chi connectivity index (χ3n) is 5.82. The van der Waals surface area contributed by atoms with E-state index in [2.05, 4.69) is 31.0 Å². The van der Waals surface area contributed by atoms with E-state index in [0.717, 1.165) is 23.8 Å².